The van der Waals surface area contributed by atoms with Gasteiger partial charge in [0.25, 0.3) is 0 Å². The molecule has 0 saturated carbocycles. The zero-order valence-corrected chi connectivity index (χ0v) is 15.5. The molecule has 26 heavy (non-hydrogen) atoms. The molecule has 3 heterocycles. The van der Waals surface area contributed by atoms with Crippen LogP contribution in [0.5, 0.6) is 0 Å². The Labute approximate surface area is 155 Å². The third-order valence-electron chi connectivity index (χ3n) is 5.97. The van der Waals surface area contributed by atoms with E-state index in [-0.39, 0.29) is 6.04 Å². The number of piperazine rings is 1. The van der Waals surface area contributed by atoms with Crippen molar-refractivity contribution in [1.29, 1.82) is 0 Å². The molecule has 2 saturated heterocycles. The van der Waals surface area contributed by atoms with E-state index >= 15 is 0 Å². The number of piperidine rings is 1. The Hall–Kier alpha value is -1.73. The van der Waals surface area contributed by atoms with Crippen molar-refractivity contribution in [2.45, 2.75) is 24.6 Å². The van der Waals surface area contributed by atoms with Gasteiger partial charge in [-0.25, -0.2) is 4.98 Å². The Morgan fingerprint density at radius 2 is 1.92 bits per heavy atom. The number of benzene rings is 1. The third kappa shape index (κ3) is 3.55. The molecule has 0 amide bonds. The monoisotopic (exact) mass is 355 g/mol. The van der Waals surface area contributed by atoms with Crippen molar-refractivity contribution in [2.24, 2.45) is 0 Å². The molecule has 1 aromatic heterocycles. The number of hydrogen-bond donors (Lipinski definition) is 2. The van der Waals surface area contributed by atoms with Gasteiger partial charge in [0.1, 0.15) is 11.4 Å². The average molecular weight is 355 g/mol. The van der Waals surface area contributed by atoms with Crippen LogP contribution in [0.15, 0.2) is 42.7 Å². The minimum absolute atomic E-state index is 0.0994. The summed E-state index contributed by atoms with van der Waals surface area (Å²) in [5.41, 5.74) is 0.248. The largest absolute Gasteiger partial charge is 0.383 e. The maximum absolute atomic E-state index is 11.8. The highest BCUT2D eigenvalue weighted by Crippen LogP contribution is 2.36. The van der Waals surface area contributed by atoms with Crippen molar-refractivity contribution in [1.82, 2.24) is 24.7 Å². The first-order chi connectivity index (χ1) is 12.6. The fourth-order valence-corrected chi connectivity index (χ4v) is 4.34. The average Bonchev–Trinajstić information content (AvgIpc) is 3.18. The summed E-state index contributed by atoms with van der Waals surface area (Å²) in [7, 11) is 2.17. The van der Waals surface area contributed by atoms with Crippen LogP contribution in [0.25, 0.3) is 0 Å². The summed E-state index contributed by atoms with van der Waals surface area (Å²) in [6.07, 6.45) is 4.42. The lowest BCUT2D eigenvalue weighted by Gasteiger charge is -2.51. The van der Waals surface area contributed by atoms with E-state index < -0.39 is 5.60 Å². The summed E-state index contributed by atoms with van der Waals surface area (Å²) in [6.45, 7) is 6.66. The van der Waals surface area contributed by atoms with E-state index in [9.17, 15) is 5.11 Å². The molecule has 2 aromatic rings. The van der Waals surface area contributed by atoms with Crippen LogP contribution in [0.4, 0.5) is 0 Å². The quantitative estimate of drug-likeness (QED) is 0.861. The van der Waals surface area contributed by atoms with Crippen LogP contribution < -0.4 is 0 Å². The fraction of sp³-hybridized carbons (Fsp3) is 0.550. The van der Waals surface area contributed by atoms with Crippen molar-refractivity contribution in [2.75, 3.05) is 46.3 Å². The maximum atomic E-state index is 11.8. The minimum Gasteiger partial charge on any atom is -0.383 e. The van der Waals surface area contributed by atoms with Gasteiger partial charge >= 0.3 is 0 Å². The number of aliphatic hydroxyl groups is 1. The smallest absolute Gasteiger partial charge is 0.120 e. The molecule has 0 radical (unpaired) electrons. The molecule has 2 aliphatic rings. The third-order valence-corrected chi connectivity index (χ3v) is 5.97. The summed E-state index contributed by atoms with van der Waals surface area (Å²) >= 11 is 0. The van der Waals surface area contributed by atoms with E-state index in [1.165, 1.54) is 0 Å². The number of likely N-dealkylation sites (N-methyl/N-ethyl adjacent to an activating group) is 1. The van der Waals surface area contributed by atoms with Crippen LogP contribution in [-0.2, 0) is 12.1 Å². The standard InChI is InChI=1S/C20H29N5O/c1-23-11-13-25(14-12-23)18-15-24(16-19-21-8-9-22-19)10-7-20(18,26)17-5-3-2-4-6-17/h2-6,8-9,18,26H,7,10-16H2,1H3,(H,21,22)/t18-,20+/m1/s1. The summed E-state index contributed by atoms with van der Waals surface area (Å²) in [6, 6.07) is 10.3. The molecule has 6 nitrogen and oxygen atoms in total. The van der Waals surface area contributed by atoms with E-state index in [1.807, 2.05) is 24.4 Å². The summed E-state index contributed by atoms with van der Waals surface area (Å²) in [5, 5.41) is 11.8. The van der Waals surface area contributed by atoms with Crippen LogP contribution in [0, 0.1) is 0 Å². The first kappa shape index (κ1) is 17.7. The molecule has 2 atom stereocenters. The lowest BCUT2D eigenvalue weighted by molar-refractivity contribution is -0.109. The van der Waals surface area contributed by atoms with Crippen molar-refractivity contribution in [3.05, 3.63) is 54.1 Å². The molecule has 0 aliphatic carbocycles. The molecule has 6 heteroatoms. The highest BCUT2D eigenvalue weighted by Gasteiger charge is 2.46. The van der Waals surface area contributed by atoms with Gasteiger partial charge in [0.2, 0.25) is 0 Å². The highest BCUT2D eigenvalue weighted by atomic mass is 16.3. The van der Waals surface area contributed by atoms with Crippen molar-refractivity contribution in [3.63, 3.8) is 0 Å². The van der Waals surface area contributed by atoms with Crippen molar-refractivity contribution < 1.29 is 5.11 Å². The zero-order chi connectivity index (χ0) is 18.0. The molecule has 2 aliphatic heterocycles. The molecular weight excluding hydrogens is 326 g/mol. The Morgan fingerprint density at radius 1 is 1.15 bits per heavy atom. The topological polar surface area (TPSA) is 58.6 Å². The molecular formula is C20H29N5O. The lowest BCUT2D eigenvalue weighted by Crippen LogP contribution is -2.63. The van der Waals surface area contributed by atoms with Crippen LogP contribution >= 0.6 is 0 Å². The van der Waals surface area contributed by atoms with Crippen LogP contribution in [0.2, 0.25) is 0 Å². The number of imidazole rings is 1. The minimum atomic E-state index is -0.795. The lowest BCUT2D eigenvalue weighted by atomic mass is 9.79. The van der Waals surface area contributed by atoms with Gasteiger partial charge in [-0.3, -0.25) is 9.80 Å². The van der Waals surface area contributed by atoms with Crippen LogP contribution in [0.3, 0.4) is 0 Å². The summed E-state index contributed by atoms with van der Waals surface area (Å²) in [4.78, 5) is 14.8. The Bertz CT molecular complexity index is 683. The number of H-pyrrole nitrogens is 1. The second-order valence-electron chi connectivity index (χ2n) is 7.67. The SMILES string of the molecule is CN1CCN([C@@H]2CN(Cc3ncc[nH]3)CC[C@]2(O)c2ccccc2)CC1. The van der Waals surface area contributed by atoms with Crippen LogP contribution in [0.1, 0.15) is 17.8 Å². The summed E-state index contributed by atoms with van der Waals surface area (Å²) < 4.78 is 0. The highest BCUT2D eigenvalue weighted by molar-refractivity contribution is 5.26. The molecule has 0 unspecified atom stereocenters. The fourth-order valence-electron chi connectivity index (χ4n) is 4.34. The van der Waals surface area contributed by atoms with E-state index in [0.29, 0.717) is 0 Å². The normalized spacial score (nSPS) is 29.1. The zero-order valence-electron chi connectivity index (χ0n) is 15.5. The predicted octanol–water partition coefficient (Wildman–Crippen LogP) is 1.12. The van der Waals surface area contributed by atoms with Gasteiger partial charge in [-0.15, -0.1) is 0 Å². The molecule has 140 valence electrons. The van der Waals surface area contributed by atoms with Gasteiger partial charge < -0.3 is 15.0 Å². The summed E-state index contributed by atoms with van der Waals surface area (Å²) in [5.74, 6) is 0.993. The van der Waals surface area contributed by atoms with Gasteiger partial charge in [-0.1, -0.05) is 30.3 Å². The van der Waals surface area contributed by atoms with Gasteiger partial charge in [-0.2, -0.15) is 0 Å². The van der Waals surface area contributed by atoms with Gasteiger partial charge in [-0.05, 0) is 19.0 Å². The van der Waals surface area contributed by atoms with E-state index in [1.54, 1.807) is 6.20 Å². The number of aromatic nitrogens is 2. The molecule has 4 rings (SSSR count). The van der Waals surface area contributed by atoms with E-state index in [0.717, 1.165) is 63.6 Å². The first-order valence-corrected chi connectivity index (χ1v) is 9.56. The number of likely N-dealkylation sites (tertiary alicyclic amines) is 1. The van der Waals surface area contributed by atoms with Crippen molar-refractivity contribution in [3.8, 4) is 0 Å². The van der Waals surface area contributed by atoms with Gasteiger partial charge in [0.15, 0.2) is 0 Å². The Balaban J connectivity index is 1.57. The second kappa shape index (κ2) is 7.48. The predicted molar refractivity (Wildman–Crippen MR) is 102 cm³/mol. The molecule has 2 fully saturated rings. The molecule has 2 N–H and O–H groups in total. The van der Waals surface area contributed by atoms with Crippen molar-refractivity contribution >= 4 is 0 Å². The van der Waals surface area contributed by atoms with Gasteiger partial charge in [0.05, 0.1) is 12.6 Å². The first-order valence-electron chi connectivity index (χ1n) is 9.56. The number of hydrogen-bond acceptors (Lipinski definition) is 5. The maximum Gasteiger partial charge on any atom is 0.120 e. The Kier molecular flexibility index (Phi) is 5.09. The number of nitrogens with one attached hydrogen (secondary N) is 1. The number of aromatic amines is 1. The molecule has 1 aromatic carbocycles. The number of nitrogens with zero attached hydrogens (tertiary/aromatic N) is 4. The van der Waals surface area contributed by atoms with E-state index in [4.69, 9.17) is 0 Å². The molecule has 0 spiro atoms. The van der Waals surface area contributed by atoms with E-state index in [2.05, 4.69) is 43.8 Å². The van der Waals surface area contributed by atoms with Crippen LogP contribution in [-0.4, -0.2) is 82.1 Å². The molecule has 0 bridgehead atoms. The Morgan fingerprint density at radius 3 is 2.62 bits per heavy atom. The van der Waals surface area contributed by atoms with Gasteiger partial charge in [0, 0.05) is 51.7 Å². The number of rotatable bonds is 4. The second-order valence-corrected chi connectivity index (χ2v) is 7.67.